The number of carbonyl (C=O) groups is 1. The molecule has 0 N–H and O–H groups in total. The Bertz CT molecular complexity index is 1990. The van der Waals surface area contributed by atoms with Gasteiger partial charge < -0.3 is 9.13 Å². The van der Waals surface area contributed by atoms with E-state index in [4.69, 9.17) is 0 Å². The molecule has 0 fully saturated rings. The van der Waals surface area contributed by atoms with Crippen molar-refractivity contribution in [3.63, 3.8) is 0 Å². The molecule has 0 saturated heterocycles. The van der Waals surface area contributed by atoms with E-state index in [1.165, 1.54) is 0 Å². The van der Waals surface area contributed by atoms with E-state index in [1.807, 2.05) is 91.0 Å². The van der Waals surface area contributed by atoms with Crippen molar-refractivity contribution in [1.29, 1.82) is 0 Å². The first kappa shape index (κ1) is 30.6. The Morgan fingerprint density at radius 1 is 0.682 bits per heavy atom. The number of rotatable bonds is 2. The minimum atomic E-state index is -10.7. The van der Waals surface area contributed by atoms with Crippen molar-refractivity contribution in [3.05, 3.63) is 134 Å². The molecule has 228 valence electrons. The van der Waals surface area contributed by atoms with Crippen LogP contribution in [0.2, 0.25) is 0 Å². The van der Waals surface area contributed by atoms with Crippen molar-refractivity contribution in [2.24, 2.45) is 14.1 Å². The molecule has 0 aromatic rings. The van der Waals surface area contributed by atoms with Gasteiger partial charge >= 0.3 is 38.9 Å². The molecule has 3 aliphatic carbocycles. The summed E-state index contributed by atoms with van der Waals surface area (Å²) in [7, 11) is -5.51. The molecule has 6 nitrogen and oxygen atoms in total. The van der Waals surface area contributed by atoms with Crippen LogP contribution in [0.25, 0.3) is 28.1 Å². The summed E-state index contributed by atoms with van der Waals surface area (Å²) in [4.78, 5) is 41.8. The first-order chi connectivity index (χ1) is 20.4. The van der Waals surface area contributed by atoms with Crippen LogP contribution in [-0.2, 0) is 18.9 Å². The van der Waals surface area contributed by atoms with E-state index >= 15 is 0 Å². The molecule has 0 aromatic heterocycles. The van der Waals surface area contributed by atoms with E-state index < -0.39 is 7.81 Å². The molecule has 0 saturated carbocycles. The molecule has 1 amide bonds. The standard InChI is InChI=1S/C31H24N3O3.F6P/c1-32-22-16-10-4-7-13-19(22)25(29(32)35)28(26-20-14-8-5-11-17-23(20)33(2)30(26)36)27-21-15-9-6-12-18-24(21)34(3)31(27)37;1-7(2,3,4,5)6/h4-18H,1-3H3;/q+1;-1. The summed E-state index contributed by atoms with van der Waals surface area (Å²) in [6, 6.07) is 18.8. The summed E-state index contributed by atoms with van der Waals surface area (Å²) in [6.45, 7) is 0. The molecule has 6 rings (SSSR count). The van der Waals surface area contributed by atoms with Crippen molar-refractivity contribution < 1.29 is 34.6 Å². The van der Waals surface area contributed by atoms with Crippen LogP contribution in [0.15, 0.2) is 112 Å². The Labute approximate surface area is 246 Å². The van der Waals surface area contributed by atoms with Gasteiger partial charge in [0.05, 0.1) is 28.1 Å². The van der Waals surface area contributed by atoms with Gasteiger partial charge in [0.25, 0.3) is 11.1 Å². The van der Waals surface area contributed by atoms with Crippen LogP contribution in [0.1, 0.15) is 11.1 Å². The first-order valence-corrected chi connectivity index (χ1v) is 15.1. The monoisotopic (exact) mass is 631 g/mol. The van der Waals surface area contributed by atoms with Crippen molar-refractivity contribution in [2.45, 2.75) is 0 Å². The van der Waals surface area contributed by atoms with Crippen LogP contribution >= 0.6 is 7.81 Å². The van der Waals surface area contributed by atoms with Crippen LogP contribution in [0.4, 0.5) is 25.2 Å². The van der Waals surface area contributed by atoms with E-state index in [9.17, 15) is 39.6 Å². The quantitative estimate of drug-likeness (QED) is 0.102. The predicted molar refractivity (Wildman–Crippen MR) is 159 cm³/mol. The van der Waals surface area contributed by atoms with Crippen LogP contribution in [0.5, 0.6) is 0 Å². The molecular formula is C31H24F6N3O3P. The van der Waals surface area contributed by atoms with Crippen LogP contribution in [0.3, 0.4) is 0 Å². The number of halogens is 6. The third kappa shape index (κ3) is 5.85. The second kappa shape index (κ2) is 9.85. The van der Waals surface area contributed by atoms with Gasteiger partial charge in [-0.1, -0.05) is 66.8 Å². The molecule has 0 spiro atoms. The zero-order valence-corrected chi connectivity index (χ0v) is 24.3. The van der Waals surface area contributed by atoms with Gasteiger partial charge in [-0.3, -0.25) is 9.59 Å². The summed E-state index contributed by atoms with van der Waals surface area (Å²) in [5.41, 5.74) is 5.10. The van der Waals surface area contributed by atoms with Gasteiger partial charge in [-0.15, -0.1) is 0 Å². The molecule has 0 atom stereocenters. The number of hydrogen-bond donors (Lipinski definition) is 0. The molecule has 0 unspecified atom stereocenters. The van der Waals surface area contributed by atoms with E-state index in [-0.39, 0.29) is 17.0 Å². The van der Waals surface area contributed by atoms with Gasteiger partial charge in [-0.2, -0.15) is 4.58 Å². The van der Waals surface area contributed by atoms with E-state index in [1.54, 1.807) is 34.9 Å². The Balaban J connectivity index is 0.000000493. The number of likely N-dealkylation sites (N-methyl/N-ethyl adjacent to an activating group) is 1. The normalized spacial score (nSPS) is 16.2. The number of fused-ring (bicyclic) bond motifs is 3. The molecule has 44 heavy (non-hydrogen) atoms. The zero-order chi connectivity index (χ0) is 32.3. The molecule has 6 aliphatic rings. The summed E-state index contributed by atoms with van der Waals surface area (Å²) < 4.78 is 63.9. The number of allylic oxidation sites excluding steroid dienone is 5. The summed E-state index contributed by atoms with van der Waals surface area (Å²) in [5.74, 6) is -0.260. The van der Waals surface area contributed by atoms with E-state index in [2.05, 4.69) is 0 Å². The topological polar surface area (TPSA) is 64.1 Å². The maximum absolute atomic E-state index is 13.9. The Morgan fingerprint density at radius 2 is 1.14 bits per heavy atom. The van der Waals surface area contributed by atoms with Gasteiger partial charge in [0.2, 0.25) is 5.71 Å². The Kier molecular flexibility index (Phi) is 6.86. The van der Waals surface area contributed by atoms with Crippen LogP contribution < -0.4 is 11.1 Å². The zero-order valence-electron chi connectivity index (χ0n) is 23.4. The molecule has 0 aromatic carbocycles. The van der Waals surface area contributed by atoms with E-state index in [0.717, 1.165) is 17.1 Å². The molecular weight excluding hydrogens is 607 g/mol. The maximum atomic E-state index is 13.9. The fraction of sp³-hybridized carbons (Fsp3) is 0.0968. The average molecular weight is 632 g/mol. The minimum absolute atomic E-state index is 0.260. The number of aromatic nitrogens is 2. The fourth-order valence-electron chi connectivity index (χ4n) is 5.40. The van der Waals surface area contributed by atoms with Gasteiger partial charge in [0.15, 0.2) is 0 Å². The van der Waals surface area contributed by atoms with E-state index in [0.29, 0.717) is 39.0 Å². The number of hydrogen-bond acceptors (Lipinski definition) is 3. The van der Waals surface area contributed by atoms with Crippen LogP contribution in [-0.4, -0.2) is 32.4 Å². The molecule has 3 aliphatic heterocycles. The predicted octanol–water partition coefficient (Wildman–Crippen LogP) is 7.15. The average Bonchev–Trinajstić information content (AvgIpc) is 3.23. The second-order valence-corrected chi connectivity index (χ2v) is 12.1. The molecule has 0 bridgehead atoms. The third-order valence-corrected chi connectivity index (χ3v) is 7.24. The third-order valence-electron chi connectivity index (χ3n) is 7.24. The summed E-state index contributed by atoms with van der Waals surface area (Å²) in [5, 5.41) is 0. The van der Waals surface area contributed by atoms with Crippen molar-refractivity contribution >= 4 is 25.0 Å². The van der Waals surface area contributed by atoms with Gasteiger partial charge in [-0.05, 0) is 18.2 Å². The second-order valence-electron chi connectivity index (χ2n) is 10.2. The van der Waals surface area contributed by atoms with Crippen molar-refractivity contribution in [2.75, 3.05) is 7.05 Å². The van der Waals surface area contributed by atoms with Gasteiger partial charge in [-0.25, -0.2) is 4.79 Å². The van der Waals surface area contributed by atoms with Crippen molar-refractivity contribution in [1.82, 2.24) is 9.13 Å². The summed E-state index contributed by atoms with van der Waals surface area (Å²) >= 11 is 0. The number of carbonyl (C=O) groups excluding carboxylic acids is 1. The number of amides is 1. The first-order valence-electron chi connectivity index (χ1n) is 13.0. The van der Waals surface area contributed by atoms with Gasteiger partial charge in [0, 0.05) is 36.9 Å². The Hall–Kier alpha value is -4.83. The Morgan fingerprint density at radius 3 is 1.61 bits per heavy atom. The fourth-order valence-corrected chi connectivity index (χ4v) is 5.40. The van der Waals surface area contributed by atoms with Crippen LogP contribution in [0, 0.1) is 0 Å². The molecule has 0 radical (unpaired) electrons. The number of nitrogens with zero attached hydrogens (tertiary/aromatic N) is 3. The van der Waals surface area contributed by atoms with Crippen molar-refractivity contribution in [3.8, 4) is 22.5 Å². The molecule has 13 heteroatoms. The summed E-state index contributed by atoms with van der Waals surface area (Å²) in [6.07, 6.45) is 9.38. The molecule has 3 heterocycles. The van der Waals surface area contributed by atoms with Gasteiger partial charge in [0.1, 0.15) is 12.6 Å². The SMILES string of the molecule is Cn1c2cccccc-2c(C(=C2C(=O)[N+](C)=C3C=CC=CC=C23)c2c3cccccc-3n(C)c2=O)c1=O.F[P-](F)(F)(F)(F)F.